The molecule has 286 valence electrons. The van der Waals surface area contributed by atoms with Crippen molar-refractivity contribution in [2.24, 2.45) is 0 Å². The van der Waals surface area contributed by atoms with E-state index in [-0.39, 0.29) is 12.3 Å². The minimum atomic E-state index is -4.35. The van der Waals surface area contributed by atoms with Gasteiger partial charge in [0, 0.05) is 6.42 Å². The van der Waals surface area contributed by atoms with E-state index in [0.717, 1.165) is 57.8 Å². The maximum Gasteiger partial charge on any atom is 0.267 e. The fraction of sp³-hybridized carbons (Fsp3) is 0.786. The van der Waals surface area contributed by atoms with E-state index in [2.05, 4.69) is 55.6 Å². The number of carbonyl (C=O) groups is 1. The molecule has 6 nitrogen and oxygen atoms in total. The van der Waals surface area contributed by atoms with Gasteiger partial charge in [0.15, 0.2) is 0 Å². The van der Waals surface area contributed by atoms with Crippen LogP contribution in [0.25, 0.3) is 0 Å². The molecule has 0 radical (unpaired) electrons. The van der Waals surface area contributed by atoms with Crippen LogP contribution < -0.4 is 5.32 Å². The fourth-order valence-corrected chi connectivity index (χ4v) is 6.73. The molecule has 0 rings (SSSR count). The lowest BCUT2D eigenvalue weighted by Gasteiger charge is -2.21. The predicted octanol–water partition coefficient (Wildman–Crippen LogP) is 11.9. The Labute approximate surface area is 303 Å². The van der Waals surface area contributed by atoms with Crippen molar-refractivity contribution in [3.8, 4) is 0 Å². The quantitative estimate of drug-likeness (QED) is 0.0342. The first-order valence-electron chi connectivity index (χ1n) is 20.3. The van der Waals surface area contributed by atoms with Crippen LogP contribution in [-0.2, 0) is 14.9 Å². The maximum absolute atomic E-state index is 12.5. The number of carbonyl (C=O) groups excluding carboxylic acids is 1. The van der Waals surface area contributed by atoms with Crippen LogP contribution in [0.15, 0.2) is 48.6 Å². The summed E-state index contributed by atoms with van der Waals surface area (Å²) in [6, 6.07) is -1.07. The van der Waals surface area contributed by atoms with Crippen molar-refractivity contribution in [3.05, 3.63) is 48.6 Å². The highest BCUT2D eigenvalue weighted by molar-refractivity contribution is 7.85. The standard InChI is InChI=1S/C42H77NO5S/c1-3-5-7-9-11-13-15-17-18-19-20-21-22-23-24-26-27-29-31-33-35-37-41(44)40(39-49(46,47)48)43-42(45)38-36-34-32-30-28-25-16-14-12-10-8-6-4-2/h6,8,12,14,25,28,35,37,40-41,44H,3-5,7,9-11,13,15-24,26-27,29-34,36,38-39H2,1-2H3,(H,43,45)(H,46,47,48)/b8-6-,14-12-,28-25-,37-35+. The first-order valence-corrected chi connectivity index (χ1v) is 21.9. The van der Waals surface area contributed by atoms with Gasteiger partial charge in [-0.3, -0.25) is 9.35 Å². The number of aliphatic hydroxyl groups excluding tert-OH is 1. The Kier molecular flexibility index (Phi) is 34.9. The number of allylic oxidation sites excluding steroid dienone is 7. The molecular weight excluding hydrogens is 631 g/mol. The van der Waals surface area contributed by atoms with E-state index >= 15 is 0 Å². The summed E-state index contributed by atoms with van der Waals surface area (Å²) < 4.78 is 32.4. The molecule has 1 amide bonds. The third kappa shape index (κ3) is 37.4. The van der Waals surface area contributed by atoms with Crippen molar-refractivity contribution >= 4 is 16.0 Å². The number of hydrogen-bond donors (Lipinski definition) is 3. The zero-order valence-electron chi connectivity index (χ0n) is 31.8. The van der Waals surface area contributed by atoms with E-state index in [0.29, 0.717) is 6.42 Å². The van der Waals surface area contributed by atoms with Crippen LogP contribution >= 0.6 is 0 Å². The molecule has 0 aromatic heterocycles. The van der Waals surface area contributed by atoms with Crippen molar-refractivity contribution < 1.29 is 22.9 Å². The van der Waals surface area contributed by atoms with Crippen LogP contribution in [0.2, 0.25) is 0 Å². The second kappa shape index (κ2) is 36.1. The van der Waals surface area contributed by atoms with Gasteiger partial charge in [-0.2, -0.15) is 8.42 Å². The van der Waals surface area contributed by atoms with Gasteiger partial charge in [0.2, 0.25) is 5.91 Å². The molecule has 0 aliphatic carbocycles. The van der Waals surface area contributed by atoms with Crippen LogP contribution in [0.5, 0.6) is 0 Å². The number of nitrogens with one attached hydrogen (secondary N) is 1. The third-order valence-corrected chi connectivity index (χ3v) is 9.79. The molecule has 0 fully saturated rings. The SMILES string of the molecule is CC/C=C\C/C=C\C/C=C\CCCCCC(=O)NC(CS(=O)(=O)O)C(O)/C=C/CCCCCCCCCCCCCCCCCCCCC. The highest BCUT2D eigenvalue weighted by Gasteiger charge is 2.24. The van der Waals surface area contributed by atoms with Crippen molar-refractivity contribution in [1.82, 2.24) is 5.32 Å². The summed E-state index contributed by atoms with van der Waals surface area (Å²) >= 11 is 0. The Morgan fingerprint density at radius 3 is 1.45 bits per heavy atom. The van der Waals surface area contributed by atoms with Gasteiger partial charge in [0.1, 0.15) is 0 Å². The molecule has 0 saturated heterocycles. The van der Waals surface area contributed by atoms with Crippen LogP contribution in [0.1, 0.15) is 194 Å². The van der Waals surface area contributed by atoms with E-state index in [1.165, 1.54) is 109 Å². The van der Waals surface area contributed by atoms with Gasteiger partial charge in [0.25, 0.3) is 10.1 Å². The Bertz CT molecular complexity index is 956. The van der Waals surface area contributed by atoms with E-state index in [4.69, 9.17) is 0 Å². The second-order valence-electron chi connectivity index (χ2n) is 13.9. The van der Waals surface area contributed by atoms with Gasteiger partial charge in [-0.15, -0.1) is 0 Å². The Hall–Kier alpha value is -1.70. The molecular formula is C42H77NO5S. The molecule has 7 heteroatoms. The van der Waals surface area contributed by atoms with E-state index < -0.39 is 28.0 Å². The summed E-state index contributed by atoms with van der Waals surface area (Å²) in [6.07, 6.45) is 48.2. The van der Waals surface area contributed by atoms with Crippen molar-refractivity contribution in [2.75, 3.05) is 5.75 Å². The molecule has 3 N–H and O–H groups in total. The van der Waals surface area contributed by atoms with E-state index in [1.807, 2.05) is 6.08 Å². The summed E-state index contributed by atoms with van der Waals surface area (Å²) in [5, 5.41) is 13.2. The van der Waals surface area contributed by atoms with Gasteiger partial charge < -0.3 is 10.4 Å². The molecule has 0 saturated carbocycles. The third-order valence-electron chi connectivity index (χ3n) is 9.01. The van der Waals surface area contributed by atoms with Crippen LogP contribution in [0.3, 0.4) is 0 Å². The molecule has 2 atom stereocenters. The average Bonchev–Trinajstić information content (AvgIpc) is 3.06. The van der Waals surface area contributed by atoms with Crippen LogP contribution in [-0.4, -0.2) is 41.9 Å². The smallest absolute Gasteiger partial charge is 0.267 e. The monoisotopic (exact) mass is 708 g/mol. The fourth-order valence-electron chi connectivity index (χ4n) is 5.99. The average molecular weight is 708 g/mol. The molecule has 0 aromatic carbocycles. The summed E-state index contributed by atoms with van der Waals surface area (Å²) in [5.74, 6) is -1.02. The Morgan fingerprint density at radius 2 is 0.980 bits per heavy atom. The normalized spacial score (nSPS) is 13.8. The minimum absolute atomic E-state index is 0.259. The molecule has 0 bridgehead atoms. The first kappa shape index (κ1) is 47.3. The number of amides is 1. The molecule has 49 heavy (non-hydrogen) atoms. The van der Waals surface area contributed by atoms with Crippen molar-refractivity contribution in [2.45, 2.75) is 206 Å². The molecule has 0 aliphatic heterocycles. The molecule has 0 aliphatic rings. The van der Waals surface area contributed by atoms with Crippen LogP contribution in [0, 0.1) is 0 Å². The first-order chi connectivity index (χ1) is 23.8. The zero-order chi connectivity index (χ0) is 36.1. The molecule has 0 heterocycles. The highest BCUT2D eigenvalue weighted by atomic mass is 32.2. The zero-order valence-corrected chi connectivity index (χ0v) is 32.6. The summed E-state index contributed by atoms with van der Waals surface area (Å²) in [7, 11) is -4.35. The Morgan fingerprint density at radius 1 is 0.571 bits per heavy atom. The molecule has 2 unspecified atom stereocenters. The predicted molar refractivity (Wildman–Crippen MR) is 212 cm³/mol. The van der Waals surface area contributed by atoms with E-state index in [9.17, 15) is 22.9 Å². The van der Waals surface area contributed by atoms with Gasteiger partial charge in [0.05, 0.1) is 17.9 Å². The van der Waals surface area contributed by atoms with Crippen molar-refractivity contribution in [3.63, 3.8) is 0 Å². The van der Waals surface area contributed by atoms with Gasteiger partial charge in [-0.05, 0) is 51.4 Å². The van der Waals surface area contributed by atoms with Crippen molar-refractivity contribution in [1.29, 1.82) is 0 Å². The number of aliphatic hydroxyl groups is 1. The van der Waals surface area contributed by atoms with Gasteiger partial charge in [-0.1, -0.05) is 184 Å². The lowest BCUT2D eigenvalue weighted by Crippen LogP contribution is -2.46. The van der Waals surface area contributed by atoms with E-state index in [1.54, 1.807) is 6.08 Å². The van der Waals surface area contributed by atoms with Gasteiger partial charge >= 0.3 is 0 Å². The summed E-state index contributed by atoms with van der Waals surface area (Å²) in [4.78, 5) is 12.5. The number of rotatable bonds is 36. The Balaban J connectivity index is 3.92. The molecule has 0 spiro atoms. The molecule has 0 aromatic rings. The second-order valence-corrected chi connectivity index (χ2v) is 15.4. The maximum atomic E-state index is 12.5. The topological polar surface area (TPSA) is 104 Å². The summed E-state index contributed by atoms with van der Waals surface area (Å²) in [6.45, 7) is 4.40. The summed E-state index contributed by atoms with van der Waals surface area (Å²) in [5.41, 5.74) is 0. The largest absolute Gasteiger partial charge is 0.387 e. The number of hydrogen-bond acceptors (Lipinski definition) is 4. The number of unbranched alkanes of at least 4 members (excludes halogenated alkanes) is 22. The lowest BCUT2D eigenvalue weighted by molar-refractivity contribution is -0.122. The minimum Gasteiger partial charge on any atom is -0.387 e. The van der Waals surface area contributed by atoms with Gasteiger partial charge in [-0.25, -0.2) is 0 Å². The highest BCUT2D eigenvalue weighted by Crippen LogP contribution is 2.15. The van der Waals surface area contributed by atoms with Crippen LogP contribution in [0.4, 0.5) is 0 Å². The lowest BCUT2D eigenvalue weighted by atomic mass is 10.0.